The molecule has 24 heavy (non-hydrogen) atoms. The van der Waals surface area contributed by atoms with Crippen molar-refractivity contribution in [3.63, 3.8) is 0 Å². The maximum atomic E-state index is 12.9. The number of hydrogen-bond donors (Lipinski definition) is 0. The molecule has 0 N–H and O–H groups in total. The second kappa shape index (κ2) is 5.26. The van der Waals surface area contributed by atoms with Crippen LogP contribution < -0.4 is 4.90 Å². The van der Waals surface area contributed by atoms with Crippen LogP contribution in [-0.4, -0.2) is 12.5 Å². The van der Waals surface area contributed by atoms with Crippen molar-refractivity contribution < 1.29 is 22.7 Å². The van der Waals surface area contributed by atoms with Crippen LogP contribution in [0.25, 0.3) is 0 Å². The monoisotopic (exact) mass is 333 g/mol. The van der Waals surface area contributed by atoms with Crippen LogP contribution in [0.1, 0.15) is 32.6 Å². The fourth-order valence-corrected chi connectivity index (χ4v) is 3.29. The van der Waals surface area contributed by atoms with Crippen molar-refractivity contribution in [1.82, 2.24) is 0 Å². The third-order valence-corrected chi connectivity index (χ3v) is 4.56. The van der Waals surface area contributed by atoms with Crippen LogP contribution in [0.3, 0.4) is 0 Å². The Morgan fingerprint density at radius 3 is 2.67 bits per heavy atom. The molecular formula is C18H14F3NO2. The summed E-state index contributed by atoms with van der Waals surface area (Å²) in [7, 11) is 0. The van der Waals surface area contributed by atoms with Crippen molar-refractivity contribution in [1.29, 1.82) is 0 Å². The van der Waals surface area contributed by atoms with Crippen LogP contribution in [0.2, 0.25) is 0 Å². The molecular weight excluding hydrogens is 319 g/mol. The van der Waals surface area contributed by atoms with Gasteiger partial charge in [-0.05, 0) is 41.8 Å². The molecule has 0 amide bonds. The molecule has 2 aliphatic heterocycles. The number of alkyl halides is 3. The summed E-state index contributed by atoms with van der Waals surface area (Å²) in [6.07, 6.45) is -3.62. The third kappa shape index (κ3) is 2.52. The Labute approximate surface area is 136 Å². The van der Waals surface area contributed by atoms with E-state index >= 15 is 0 Å². The first-order chi connectivity index (χ1) is 11.4. The normalized spacial score (nSPS) is 16.6. The summed E-state index contributed by atoms with van der Waals surface area (Å²) < 4.78 is 43.7. The Hall–Kier alpha value is -2.50. The second-order valence-electron chi connectivity index (χ2n) is 6.07. The summed E-state index contributed by atoms with van der Waals surface area (Å²) >= 11 is 0. The lowest BCUT2D eigenvalue weighted by Crippen LogP contribution is -2.30. The maximum absolute atomic E-state index is 12.9. The van der Waals surface area contributed by atoms with E-state index in [1.165, 1.54) is 12.1 Å². The molecule has 0 unspecified atom stereocenters. The summed E-state index contributed by atoms with van der Waals surface area (Å²) in [5.41, 5.74) is 3.46. The quantitative estimate of drug-likeness (QED) is 0.741. The summed E-state index contributed by atoms with van der Waals surface area (Å²) in [6.45, 7) is 1.43. The number of halogens is 3. The van der Waals surface area contributed by atoms with Gasteiger partial charge in [-0.15, -0.1) is 0 Å². The number of fused-ring (bicyclic) bond motifs is 2. The van der Waals surface area contributed by atoms with Crippen molar-refractivity contribution in [3.05, 3.63) is 64.2 Å². The number of esters is 1. The minimum Gasteiger partial charge on any atom is -0.457 e. The SMILES string of the molecule is O=C1OCc2cc3c(cc21)CN(c1cccc(C(F)(F)F)c1)CC3. The van der Waals surface area contributed by atoms with Crippen LogP contribution in [0, 0.1) is 0 Å². The van der Waals surface area contributed by atoms with E-state index in [-0.39, 0.29) is 5.97 Å². The summed E-state index contributed by atoms with van der Waals surface area (Å²) in [5.74, 6) is -0.330. The van der Waals surface area contributed by atoms with Crippen LogP contribution in [-0.2, 0) is 30.5 Å². The molecule has 2 aromatic carbocycles. The molecule has 0 bridgehead atoms. The van der Waals surface area contributed by atoms with Gasteiger partial charge in [-0.2, -0.15) is 13.2 Å². The first-order valence-corrected chi connectivity index (χ1v) is 7.66. The van der Waals surface area contributed by atoms with Crippen LogP contribution in [0.5, 0.6) is 0 Å². The predicted molar refractivity (Wildman–Crippen MR) is 81.8 cm³/mol. The molecule has 0 aliphatic carbocycles. The van der Waals surface area contributed by atoms with E-state index < -0.39 is 11.7 Å². The smallest absolute Gasteiger partial charge is 0.416 e. The van der Waals surface area contributed by atoms with Crippen molar-refractivity contribution in [2.45, 2.75) is 25.7 Å². The minimum atomic E-state index is -4.35. The van der Waals surface area contributed by atoms with Gasteiger partial charge in [0.25, 0.3) is 0 Å². The number of nitrogens with zero attached hydrogens (tertiary/aromatic N) is 1. The standard InChI is InChI=1S/C18H14F3NO2/c19-18(20,21)14-2-1-3-15(8-14)22-5-4-11-6-13-10-24-17(23)16(13)7-12(11)9-22/h1-3,6-8H,4-5,9-10H2. The number of anilines is 1. The average Bonchev–Trinajstić information content (AvgIpc) is 2.92. The zero-order valence-electron chi connectivity index (χ0n) is 12.7. The molecule has 3 nitrogen and oxygen atoms in total. The molecule has 0 spiro atoms. The molecule has 0 radical (unpaired) electrons. The number of rotatable bonds is 1. The van der Waals surface area contributed by atoms with E-state index in [2.05, 4.69) is 0 Å². The van der Waals surface area contributed by atoms with Gasteiger partial charge in [0.2, 0.25) is 0 Å². The van der Waals surface area contributed by atoms with E-state index in [1.54, 1.807) is 6.07 Å². The molecule has 0 fully saturated rings. The van der Waals surface area contributed by atoms with Gasteiger partial charge >= 0.3 is 12.1 Å². The van der Waals surface area contributed by atoms with Gasteiger partial charge in [-0.3, -0.25) is 0 Å². The van der Waals surface area contributed by atoms with Gasteiger partial charge in [0.1, 0.15) is 6.61 Å². The molecule has 0 saturated heterocycles. The summed E-state index contributed by atoms with van der Waals surface area (Å²) in [4.78, 5) is 13.6. The minimum absolute atomic E-state index is 0.304. The highest BCUT2D eigenvalue weighted by atomic mass is 19.4. The Balaban J connectivity index is 1.65. The average molecular weight is 333 g/mol. The van der Waals surface area contributed by atoms with Crippen molar-refractivity contribution in [3.8, 4) is 0 Å². The largest absolute Gasteiger partial charge is 0.457 e. The second-order valence-corrected chi connectivity index (χ2v) is 6.07. The highest BCUT2D eigenvalue weighted by molar-refractivity contribution is 5.93. The lowest BCUT2D eigenvalue weighted by Gasteiger charge is -2.31. The Kier molecular flexibility index (Phi) is 3.30. The Morgan fingerprint density at radius 1 is 1.04 bits per heavy atom. The van der Waals surface area contributed by atoms with Gasteiger partial charge in [0, 0.05) is 24.3 Å². The number of cyclic esters (lactones) is 1. The first kappa shape index (κ1) is 15.1. The van der Waals surface area contributed by atoms with Crippen molar-refractivity contribution in [2.24, 2.45) is 0 Å². The first-order valence-electron chi connectivity index (χ1n) is 7.66. The van der Waals surface area contributed by atoms with Gasteiger partial charge < -0.3 is 9.64 Å². The molecule has 2 aliphatic rings. The maximum Gasteiger partial charge on any atom is 0.416 e. The molecule has 0 saturated carbocycles. The molecule has 4 rings (SSSR count). The van der Waals surface area contributed by atoms with Gasteiger partial charge in [-0.25, -0.2) is 4.79 Å². The molecule has 2 aromatic rings. The fraction of sp³-hybridized carbons (Fsp3) is 0.278. The summed E-state index contributed by atoms with van der Waals surface area (Å²) in [6, 6.07) is 9.16. The topological polar surface area (TPSA) is 29.5 Å². The van der Waals surface area contributed by atoms with Crippen LogP contribution >= 0.6 is 0 Å². The molecule has 0 atom stereocenters. The predicted octanol–water partition coefficient (Wildman–Crippen LogP) is 3.94. The van der Waals surface area contributed by atoms with Gasteiger partial charge in [0.05, 0.1) is 11.1 Å². The van der Waals surface area contributed by atoms with E-state index in [0.717, 1.165) is 29.2 Å². The highest BCUT2D eigenvalue weighted by Gasteiger charge is 2.31. The van der Waals surface area contributed by atoms with Crippen LogP contribution in [0.4, 0.5) is 18.9 Å². The third-order valence-electron chi connectivity index (χ3n) is 4.56. The van der Waals surface area contributed by atoms with E-state index in [4.69, 9.17) is 4.74 Å². The van der Waals surface area contributed by atoms with E-state index in [1.807, 2.05) is 17.0 Å². The van der Waals surface area contributed by atoms with Gasteiger partial charge in [-0.1, -0.05) is 12.1 Å². The lowest BCUT2D eigenvalue weighted by molar-refractivity contribution is -0.137. The van der Waals surface area contributed by atoms with E-state index in [9.17, 15) is 18.0 Å². The molecule has 2 heterocycles. The molecule has 124 valence electrons. The van der Waals surface area contributed by atoms with Crippen LogP contribution in [0.15, 0.2) is 36.4 Å². The van der Waals surface area contributed by atoms with Gasteiger partial charge in [0.15, 0.2) is 0 Å². The number of ether oxygens (including phenoxy) is 1. The zero-order valence-corrected chi connectivity index (χ0v) is 12.7. The highest BCUT2D eigenvalue weighted by Crippen LogP contribution is 2.34. The lowest BCUT2D eigenvalue weighted by atomic mass is 9.94. The summed E-state index contributed by atoms with van der Waals surface area (Å²) in [5, 5.41) is 0. The fourth-order valence-electron chi connectivity index (χ4n) is 3.29. The Morgan fingerprint density at radius 2 is 1.88 bits per heavy atom. The number of hydrogen-bond acceptors (Lipinski definition) is 3. The number of carbonyl (C=O) groups is 1. The number of carbonyl (C=O) groups excluding carboxylic acids is 1. The van der Waals surface area contributed by atoms with Crippen molar-refractivity contribution >= 4 is 11.7 Å². The number of benzene rings is 2. The molecule has 0 aromatic heterocycles. The van der Waals surface area contributed by atoms with E-state index in [0.29, 0.717) is 30.9 Å². The zero-order chi connectivity index (χ0) is 16.9. The Bertz CT molecular complexity index is 829. The molecule has 6 heteroatoms. The van der Waals surface area contributed by atoms with Crippen molar-refractivity contribution in [2.75, 3.05) is 11.4 Å².